The van der Waals surface area contributed by atoms with Crippen molar-refractivity contribution in [2.45, 2.75) is 13.8 Å². The average Bonchev–Trinajstić information content (AvgIpc) is 2.35. The molecule has 1 unspecified atom stereocenters. The van der Waals surface area contributed by atoms with Crippen molar-refractivity contribution in [3.63, 3.8) is 0 Å². The van der Waals surface area contributed by atoms with Crippen LogP contribution in [0.1, 0.15) is 19.4 Å². The Morgan fingerprint density at radius 3 is 2.65 bits per heavy atom. The second-order valence-corrected chi connectivity index (χ2v) is 3.81. The smallest absolute Gasteiger partial charge is 0.143 e. The molecule has 0 amide bonds. The number of halogens is 1. The maximum Gasteiger partial charge on any atom is 0.143 e. The van der Waals surface area contributed by atoms with E-state index >= 15 is 0 Å². The molecule has 0 heterocycles. The van der Waals surface area contributed by atoms with Gasteiger partial charge in [0.2, 0.25) is 0 Å². The van der Waals surface area contributed by atoms with Gasteiger partial charge in [0.25, 0.3) is 0 Å². The monoisotopic (exact) mass is 231 g/mol. The predicted octanol–water partition coefficient (Wildman–Crippen LogP) is 2.68. The highest BCUT2D eigenvalue weighted by molar-refractivity contribution is 5.59. The van der Waals surface area contributed by atoms with Gasteiger partial charge in [-0.2, -0.15) is 10.5 Å². The molecule has 0 saturated heterocycles. The van der Waals surface area contributed by atoms with Crippen molar-refractivity contribution in [3.05, 3.63) is 29.6 Å². The predicted molar refractivity (Wildman–Crippen MR) is 63.8 cm³/mol. The molecule has 0 saturated carbocycles. The van der Waals surface area contributed by atoms with Crippen LogP contribution < -0.4 is 4.90 Å². The summed E-state index contributed by atoms with van der Waals surface area (Å²) in [6.07, 6.45) is 0. The molecule has 0 aliphatic heterocycles. The van der Waals surface area contributed by atoms with Gasteiger partial charge in [-0.25, -0.2) is 4.39 Å². The van der Waals surface area contributed by atoms with Gasteiger partial charge in [-0.1, -0.05) is 6.07 Å². The summed E-state index contributed by atoms with van der Waals surface area (Å²) in [6.45, 7) is 4.83. The lowest BCUT2D eigenvalue weighted by molar-refractivity contribution is 0.620. The van der Waals surface area contributed by atoms with Crippen molar-refractivity contribution < 1.29 is 4.39 Å². The molecular weight excluding hydrogens is 217 g/mol. The molecule has 0 aliphatic carbocycles. The molecule has 17 heavy (non-hydrogen) atoms. The minimum Gasteiger partial charge on any atom is -0.369 e. The number of hydrogen-bond donors (Lipinski definition) is 0. The van der Waals surface area contributed by atoms with Gasteiger partial charge < -0.3 is 4.90 Å². The summed E-state index contributed by atoms with van der Waals surface area (Å²) in [5.41, 5.74) is 0.594. The molecule has 0 N–H and O–H groups in total. The highest BCUT2D eigenvalue weighted by Gasteiger charge is 2.15. The first-order valence-electron chi connectivity index (χ1n) is 5.47. The van der Waals surface area contributed by atoms with Crippen molar-refractivity contribution in [1.82, 2.24) is 0 Å². The number of hydrogen-bond acceptors (Lipinski definition) is 3. The van der Waals surface area contributed by atoms with Crippen LogP contribution in [0.3, 0.4) is 0 Å². The van der Waals surface area contributed by atoms with Crippen LogP contribution in [0, 0.1) is 34.4 Å². The lowest BCUT2D eigenvalue weighted by Crippen LogP contribution is -2.28. The first-order valence-corrected chi connectivity index (χ1v) is 5.47. The van der Waals surface area contributed by atoms with Crippen molar-refractivity contribution in [2.75, 3.05) is 18.0 Å². The maximum atomic E-state index is 13.5. The van der Waals surface area contributed by atoms with Gasteiger partial charge in [-0.15, -0.1) is 0 Å². The number of rotatable bonds is 4. The summed E-state index contributed by atoms with van der Waals surface area (Å²) in [7, 11) is 0. The lowest BCUT2D eigenvalue weighted by Gasteiger charge is -2.25. The molecule has 4 heteroatoms. The summed E-state index contributed by atoms with van der Waals surface area (Å²) in [4.78, 5) is 1.84. The van der Waals surface area contributed by atoms with Gasteiger partial charge in [0.15, 0.2) is 0 Å². The van der Waals surface area contributed by atoms with Crippen LogP contribution >= 0.6 is 0 Å². The number of benzene rings is 1. The fraction of sp³-hybridized carbons (Fsp3) is 0.385. The summed E-state index contributed by atoms with van der Waals surface area (Å²) < 4.78 is 13.5. The SMILES string of the molecule is CCN(CC(C)C#N)c1cccc(F)c1C#N. The average molecular weight is 231 g/mol. The van der Waals surface area contributed by atoms with E-state index in [1.54, 1.807) is 19.1 Å². The standard InChI is InChI=1S/C13H14FN3/c1-3-17(9-10(2)7-15)13-6-4-5-12(14)11(13)8-16/h4-6,10H,3,9H2,1-2H3. The fourth-order valence-electron chi connectivity index (χ4n) is 1.66. The van der Waals surface area contributed by atoms with Gasteiger partial charge in [0, 0.05) is 13.1 Å². The van der Waals surface area contributed by atoms with Crippen LogP contribution in [-0.2, 0) is 0 Å². The molecular formula is C13H14FN3. The molecule has 1 atom stereocenters. The molecule has 0 aliphatic rings. The molecule has 3 nitrogen and oxygen atoms in total. The van der Waals surface area contributed by atoms with Crippen LogP contribution in [0.2, 0.25) is 0 Å². The van der Waals surface area contributed by atoms with E-state index in [1.807, 2.05) is 17.9 Å². The van der Waals surface area contributed by atoms with E-state index in [1.165, 1.54) is 6.07 Å². The van der Waals surface area contributed by atoms with Crippen molar-refractivity contribution >= 4 is 5.69 Å². The second-order valence-electron chi connectivity index (χ2n) is 3.81. The molecule has 0 spiro atoms. The van der Waals surface area contributed by atoms with Crippen molar-refractivity contribution in [1.29, 1.82) is 10.5 Å². The molecule has 0 radical (unpaired) electrons. The minimum absolute atomic E-state index is 0.0412. The largest absolute Gasteiger partial charge is 0.369 e. The van der Waals surface area contributed by atoms with E-state index in [0.29, 0.717) is 18.8 Å². The molecule has 0 aromatic heterocycles. The molecule has 1 rings (SSSR count). The molecule has 0 fully saturated rings. The minimum atomic E-state index is -0.520. The van der Waals surface area contributed by atoms with Crippen LogP contribution in [0.5, 0.6) is 0 Å². The third-order valence-electron chi connectivity index (χ3n) is 2.54. The first kappa shape index (κ1) is 13.0. The van der Waals surface area contributed by atoms with Crippen molar-refractivity contribution in [3.8, 4) is 12.1 Å². The van der Waals surface area contributed by atoms with E-state index in [0.717, 1.165) is 0 Å². The number of anilines is 1. The third kappa shape index (κ3) is 2.95. The lowest BCUT2D eigenvalue weighted by atomic mass is 10.1. The maximum absolute atomic E-state index is 13.5. The summed E-state index contributed by atoms with van der Waals surface area (Å²) in [6, 6.07) is 8.55. The highest BCUT2D eigenvalue weighted by Crippen LogP contribution is 2.23. The zero-order valence-electron chi connectivity index (χ0n) is 9.94. The third-order valence-corrected chi connectivity index (χ3v) is 2.54. The van der Waals surface area contributed by atoms with Crippen molar-refractivity contribution in [2.24, 2.45) is 5.92 Å². The second kappa shape index (κ2) is 5.86. The van der Waals surface area contributed by atoms with Gasteiger partial charge in [-0.05, 0) is 26.0 Å². The van der Waals surface area contributed by atoms with E-state index in [9.17, 15) is 4.39 Å². The summed E-state index contributed by atoms with van der Waals surface area (Å²) in [5.74, 6) is -0.683. The quantitative estimate of drug-likeness (QED) is 0.800. The van der Waals surface area contributed by atoms with Gasteiger partial charge in [-0.3, -0.25) is 0 Å². The topological polar surface area (TPSA) is 50.8 Å². The zero-order chi connectivity index (χ0) is 12.8. The van der Waals surface area contributed by atoms with Gasteiger partial charge in [0.1, 0.15) is 17.4 Å². The molecule has 1 aromatic rings. The first-order chi connectivity index (χ1) is 8.13. The Kier molecular flexibility index (Phi) is 4.48. The Labute approximate surface area is 101 Å². The Balaban J connectivity index is 3.09. The van der Waals surface area contributed by atoms with E-state index in [2.05, 4.69) is 6.07 Å². The van der Waals surface area contributed by atoms with Crippen LogP contribution in [0.4, 0.5) is 10.1 Å². The van der Waals surface area contributed by atoms with Gasteiger partial charge >= 0.3 is 0 Å². The Hall–Kier alpha value is -2.07. The zero-order valence-corrected chi connectivity index (χ0v) is 9.94. The summed E-state index contributed by atoms with van der Waals surface area (Å²) in [5, 5.41) is 17.7. The molecule has 1 aromatic carbocycles. The van der Waals surface area contributed by atoms with Gasteiger partial charge in [0.05, 0.1) is 17.7 Å². The highest BCUT2D eigenvalue weighted by atomic mass is 19.1. The Morgan fingerprint density at radius 1 is 1.41 bits per heavy atom. The van der Waals surface area contributed by atoms with E-state index in [4.69, 9.17) is 10.5 Å². The molecule has 0 bridgehead atoms. The Bertz CT molecular complexity index is 471. The fourth-order valence-corrected chi connectivity index (χ4v) is 1.66. The number of nitrogens with zero attached hydrogens (tertiary/aromatic N) is 3. The van der Waals surface area contributed by atoms with E-state index < -0.39 is 5.82 Å². The Morgan fingerprint density at radius 2 is 2.12 bits per heavy atom. The van der Waals surface area contributed by atoms with E-state index in [-0.39, 0.29) is 11.5 Å². The summed E-state index contributed by atoms with van der Waals surface area (Å²) >= 11 is 0. The van der Waals surface area contributed by atoms with Crippen LogP contribution in [0.25, 0.3) is 0 Å². The molecule has 88 valence electrons. The number of nitriles is 2. The van der Waals surface area contributed by atoms with Crippen LogP contribution in [0.15, 0.2) is 18.2 Å². The normalized spacial score (nSPS) is 11.4. The van der Waals surface area contributed by atoms with Crippen LogP contribution in [-0.4, -0.2) is 13.1 Å².